The zero-order valence-corrected chi connectivity index (χ0v) is 11.8. The Morgan fingerprint density at radius 3 is 2.55 bits per heavy atom. The number of benzene rings is 1. The van der Waals surface area contributed by atoms with Crippen LogP contribution in [0.3, 0.4) is 0 Å². The van der Waals surface area contributed by atoms with Crippen LogP contribution in [-0.2, 0) is 15.1 Å². The Morgan fingerprint density at radius 1 is 1.35 bits per heavy atom. The number of morpholine rings is 1. The summed E-state index contributed by atoms with van der Waals surface area (Å²) >= 11 is 0. The number of carboxylic acids is 1. The first-order valence-electron chi connectivity index (χ1n) is 6.97. The second-order valence-corrected chi connectivity index (χ2v) is 5.03. The molecule has 110 valence electrons. The summed E-state index contributed by atoms with van der Waals surface area (Å²) in [6.07, 6.45) is 0.531. The van der Waals surface area contributed by atoms with E-state index in [1.54, 1.807) is 7.05 Å². The van der Waals surface area contributed by atoms with Crippen molar-refractivity contribution in [2.75, 3.05) is 39.9 Å². The van der Waals surface area contributed by atoms with Gasteiger partial charge in [0, 0.05) is 19.6 Å². The van der Waals surface area contributed by atoms with Crippen molar-refractivity contribution in [2.45, 2.75) is 12.0 Å². The normalized spacial score (nSPS) is 19.4. The first-order chi connectivity index (χ1) is 9.69. The summed E-state index contributed by atoms with van der Waals surface area (Å²) in [7, 11) is 1.71. The molecule has 0 aliphatic carbocycles. The van der Waals surface area contributed by atoms with Crippen molar-refractivity contribution in [3.05, 3.63) is 35.9 Å². The number of rotatable bonds is 6. The molecule has 1 heterocycles. The predicted molar refractivity (Wildman–Crippen MR) is 76.7 cm³/mol. The summed E-state index contributed by atoms with van der Waals surface area (Å²) in [5.74, 6) is -0.834. The van der Waals surface area contributed by atoms with Crippen LogP contribution in [0.4, 0.5) is 0 Å². The van der Waals surface area contributed by atoms with Gasteiger partial charge in [-0.05, 0) is 19.0 Å². The van der Waals surface area contributed by atoms with Crippen LogP contribution in [0, 0.1) is 0 Å². The molecule has 5 heteroatoms. The fourth-order valence-corrected chi connectivity index (χ4v) is 2.62. The number of ether oxygens (including phenoxy) is 1. The second kappa shape index (κ2) is 6.83. The number of likely N-dealkylation sites (N-methyl/N-ethyl adjacent to an activating group) is 1. The van der Waals surface area contributed by atoms with E-state index in [1.807, 2.05) is 30.3 Å². The highest BCUT2D eigenvalue weighted by molar-refractivity contribution is 5.80. The van der Waals surface area contributed by atoms with Crippen LogP contribution in [0.25, 0.3) is 0 Å². The molecule has 1 aliphatic heterocycles. The first kappa shape index (κ1) is 15.0. The van der Waals surface area contributed by atoms with Crippen molar-refractivity contribution in [1.29, 1.82) is 0 Å². The van der Waals surface area contributed by atoms with Crippen molar-refractivity contribution >= 4 is 5.97 Å². The molecule has 1 saturated heterocycles. The Hall–Kier alpha value is -1.43. The van der Waals surface area contributed by atoms with E-state index in [-0.39, 0.29) is 0 Å². The molecule has 1 atom stereocenters. The highest BCUT2D eigenvalue weighted by Gasteiger charge is 2.38. The molecule has 1 aromatic rings. The van der Waals surface area contributed by atoms with Gasteiger partial charge < -0.3 is 15.2 Å². The smallest absolute Gasteiger partial charge is 0.328 e. The molecular formula is C15H22N2O3. The highest BCUT2D eigenvalue weighted by Crippen LogP contribution is 2.25. The quantitative estimate of drug-likeness (QED) is 0.810. The zero-order chi connectivity index (χ0) is 14.4. The third kappa shape index (κ3) is 3.17. The Kier molecular flexibility index (Phi) is 5.11. The summed E-state index contributed by atoms with van der Waals surface area (Å²) in [6.45, 7) is 3.93. The molecule has 5 nitrogen and oxygen atoms in total. The van der Waals surface area contributed by atoms with Crippen molar-refractivity contribution < 1.29 is 14.6 Å². The Labute approximate surface area is 119 Å². The van der Waals surface area contributed by atoms with E-state index in [9.17, 15) is 9.90 Å². The van der Waals surface area contributed by atoms with E-state index in [4.69, 9.17) is 4.74 Å². The van der Waals surface area contributed by atoms with Gasteiger partial charge in [0.2, 0.25) is 0 Å². The molecule has 0 radical (unpaired) electrons. The minimum absolute atomic E-state index is 0.531. The Morgan fingerprint density at radius 2 is 2.00 bits per heavy atom. The van der Waals surface area contributed by atoms with Gasteiger partial charge in [0.15, 0.2) is 0 Å². The third-order valence-electron chi connectivity index (χ3n) is 3.97. The molecule has 1 fully saturated rings. The summed E-state index contributed by atoms with van der Waals surface area (Å²) in [5, 5.41) is 12.7. The molecule has 0 amide bonds. The van der Waals surface area contributed by atoms with Gasteiger partial charge in [0.25, 0.3) is 0 Å². The molecule has 0 aromatic heterocycles. The van der Waals surface area contributed by atoms with Crippen LogP contribution < -0.4 is 5.32 Å². The lowest BCUT2D eigenvalue weighted by Gasteiger charge is -2.33. The van der Waals surface area contributed by atoms with Gasteiger partial charge in [0.1, 0.15) is 5.54 Å². The number of nitrogens with zero attached hydrogens (tertiary/aromatic N) is 1. The number of carbonyl (C=O) groups is 1. The zero-order valence-electron chi connectivity index (χ0n) is 11.8. The number of hydrogen-bond donors (Lipinski definition) is 2. The van der Waals surface area contributed by atoms with Crippen molar-refractivity contribution in [2.24, 2.45) is 0 Å². The van der Waals surface area contributed by atoms with Gasteiger partial charge >= 0.3 is 5.97 Å². The second-order valence-electron chi connectivity index (χ2n) is 5.03. The number of carboxylic acid groups (broad SMARTS) is 1. The SMILES string of the molecule is CNC(CCN1CCOCC1)(C(=O)O)c1ccccc1. The number of nitrogens with one attached hydrogen (secondary N) is 1. The topological polar surface area (TPSA) is 61.8 Å². The van der Waals surface area contributed by atoms with Gasteiger partial charge in [0.05, 0.1) is 13.2 Å². The fourth-order valence-electron chi connectivity index (χ4n) is 2.62. The van der Waals surface area contributed by atoms with Gasteiger partial charge in [-0.15, -0.1) is 0 Å². The van der Waals surface area contributed by atoms with E-state index in [0.29, 0.717) is 6.42 Å². The maximum Gasteiger partial charge on any atom is 0.328 e. The lowest BCUT2D eigenvalue weighted by molar-refractivity contribution is -0.145. The molecule has 20 heavy (non-hydrogen) atoms. The molecule has 0 bridgehead atoms. The maximum absolute atomic E-state index is 11.8. The van der Waals surface area contributed by atoms with Crippen molar-refractivity contribution in [1.82, 2.24) is 10.2 Å². The monoisotopic (exact) mass is 278 g/mol. The van der Waals surface area contributed by atoms with E-state index < -0.39 is 11.5 Å². The fraction of sp³-hybridized carbons (Fsp3) is 0.533. The maximum atomic E-state index is 11.8. The number of hydrogen-bond acceptors (Lipinski definition) is 4. The van der Waals surface area contributed by atoms with Crippen LogP contribution in [0.5, 0.6) is 0 Å². The molecule has 1 aliphatic rings. The lowest BCUT2D eigenvalue weighted by Crippen LogP contribution is -2.50. The molecule has 1 unspecified atom stereocenters. The highest BCUT2D eigenvalue weighted by atomic mass is 16.5. The summed E-state index contributed by atoms with van der Waals surface area (Å²) in [5.41, 5.74) is -0.234. The van der Waals surface area contributed by atoms with E-state index >= 15 is 0 Å². The van der Waals surface area contributed by atoms with Crippen molar-refractivity contribution in [3.63, 3.8) is 0 Å². The lowest BCUT2D eigenvalue weighted by atomic mass is 9.86. The standard InChI is InChI=1S/C15H22N2O3/c1-16-15(14(18)19,13-5-3-2-4-6-13)7-8-17-9-11-20-12-10-17/h2-6,16H,7-12H2,1H3,(H,18,19). The third-order valence-corrected chi connectivity index (χ3v) is 3.97. The first-order valence-corrected chi connectivity index (χ1v) is 6.97. The van der Waals surface area contributed by atoms with Crippen molar-refractivity contribution in [3.8, 4) is 0 Å². The molecule has 0 saturated carbocycles. The average molecular weight is 278 g/mol. The Balaban J connectivity index is 2.12. The van der Waals surface area contributed by atoms with Gasteiger partial charge in [-0.3, -0.25) is 4.90 Å². The van der Waals surface area contributed by atoms with E-state index in [1.165, 1.54) is 0 Å². The van der Waals surface area contributed by atoms with Crippen LogP contribution in [0.15, 0.2) is 30.3 Å². The van der Waals surface area contributed by atoms with Crippen LogP contribution in [0.2, 0.25) is 0 Å². The summed E-state index contributed by atoms with van der Waals surface area (Å²) in [6, 6.07) is 9.37. The van der Waals surface area contributed by atoms with Gasteiger partial charge in [-0.2, -0.15) is 0 Å². The minimum Gasteiger partial charge on any atom is -0.480 e. The summed E-state index contributed by atoms with van der Waals surface area (Å²) in [4.78, 5) is 14.1. The molecule has 2 rings (SSSR count). The molecular weight excluding hydrogens is 256 g/mol. The number of aliphatic carboxylic acids is 1. The van der Waals surface area contributed by atoms with E-state index in [2.05, 4.69) is 10.2 Å². The van der Waals surface area contributed by atoms with Gasteiger partial charge in [-0.1, -0.05) is 30.3 Å². The van der Waals surface area contributed by atoms with Crippen LogP contribution >= 0.6 is 0 Å². The molecule has 1 aromatic carbocycles. The minimum atomic E-state index is -1.03. The van der Waals surface area contributed by atoms with Gasteiger partial charge in [-0.25, -0.2) is 4.79 Å². The summed E-state index contributed by atoms with van der Waals surface area (Å²) < 4.78 is 5.32. The van der Waals surface area contributed by atoms with Crippen LogP contribution in [-0.4, -0.2) is 55.9 Å². The molecule has 2 N–H and O–H groups in total. The Bertz CT molecular complexity index is 432. The largest absolute Gasteiger partial charge is 0.480 e. The molecule has 0 spiro atoms. The average Bonchev–Trinajstić information content (AvgIpc) is 2.50. The predicted octanol–water partition coefficient (Wildman–Crippen LogP) is 0.908. The van der Waals surface area contributed by atoms with Crippen LogP contribution in [0.1, 0.15) is 12.0 Å². The van der Waals surface area contributed by atoms with E-state index in [0.717, 1.165) is 38.4 Å².